The highest BCUT2D eigenvalue weighted by Crippen LogP contribution is 2.34. The van der Waals surface area contributed by atoms with Crippen molar-refractivity contribution in [2.24, 2.45) is 7.05 Å². The Bertz CT molecular complexity index is 1150. The number of carbonyl (C=O) groups is 3. The molecule has 0 saturated carbocycles. The average Bonchev–Trinajstić information content (AvgIpc) is 3.41. The molecule has 9 nitrogen and oxygen atoms in total. The minimum Gasteiger partial charge on any atom is -0.322 e. The van der Waals surface area contributed by atoms with Crippen LogP contribution in [0.1, 0.15) is 28.8 Å². The molecule has 0 spiro atoms. The van der Waals surface area contributed by atoms with Crippen molar-refractivity contribution >= 4 is 17.7 Å². The summed E-state index contributed by atoms with van der Waals surface area (Å²) in [6.45, 7) is 0.340. The van der Waals surface area contributed by atoms with Gasteiger partial charge in [0.2, 0.25) is 11.8 Å². The maximum atomic E-state index is 12.9. The highest BCUT2D eigenvalue weighted by atomic mass is 16.2. The number of benzene rings is 1. The number of rotatable bonds is 3. The zero-order valence-electron chi connectivity index (χ0n) is 15.7. The van der Waals surface area contributed by atoms with Crippen molar-refractivity contribution in [3.63, 3.8) is 0 Å². The van der Waals surface area contributed by atoms with Gasteiger partial charge in [-0.3, -0.25) is 29.5 Å². The van der Waals surface area contributed by atoms with E-state index in [2.05, 4.69) is 20.6 Å². The lowest BCUT2D eigenvalue weighted by atomic mass is 10.00. The molecule has 3 amide bonds. The van der Waals surface area contributed by atoms with Gasteiger partial charge in [0.05, 0.1) is 11.9 Å². The van der Waals surface area contributed by atoms with Gasteiger partial charge in [0.1, 0.15) is 11.7 Å². The molecule has 29 heavy (non-hydrogen) atoms. The van der Waals surface area contributed by atoms with Crippen LogP contribution in [0, 0.1) is 0 Å². The van der Waals surface area contributed by atoms with Crippen LogP contribution in [-0.4, -0.2) is 48.6 Å². The fraction of sp³-hybridized carbons (Fsp3) is 0.250. The van der Waals surface area contributed by atoms with Gasteiger partial charge < -0.3 is 4.90 Å². The van der Waals surface area contributed by atoms with Gasteiger partial charge in [0.25, 0.3) is 5.91 Å². The Balaban J connectivity index is 1.49. The molecule has 1 aromatic carbocycles. The number of fused-ring (bicyclic) bond motifs is 1. The van der Waals surface area contributed by atoms with E-state index in [1.807, 2.05) is 25.2 Å². The fourth-order valence-corrected chi connectivity index (χ4v) is 4.09. The molecule has 1 fully saturated rings. The standard InChI is InChI=1S/C20H18N6O3/c1-25-18(15-6-7-21-24-15)14(9-22-25)11-2-3-13-12(8-11)10-26(20(13)29)16-4-5-17(27)23-19(16)28/h2-3,6-9,16H,4-5,10H2,1H3,(H,21,24)(H,23,27,28). The summed E-state index contributed by atoms with van der Waals surface area (Å²) in [4.78, 5) is 38.0. The van der Waals surface area contributed by atoms with Gasteiger partial charge >= 0.3 is 0 Å². The maximum Gasteiger partial charge on any atom is 0.255 e. The van der Waals surface area contributed by atoms with E-state index in [9.17, 15) is 14.4 Å². The Morgan fingerprint density at radius 3 is 2.76 bits per heavy atom. The van der Waals surface area contributed by atoms with Crippen LogP contribution in [0.5, 0.6) is 0 Å². The predicted octanol–water partition coefficient (Wildman–Crippen LogP) is 1.24. The van der Waals surface area contributed by atoms with E-state index in [1.165, 1.54) is 0 Å². The lowest BCUT2D eigenvalue weighted by Gasteiger charge is -2.29. The number of H-pyrrole nitrogens is 1. The number of aromatic amines is 1. The van der Waals surface area contributed by atoms with E-state index in [4.69, 9.17) is 0 Å². The van der Waals surface area contributed by atoms with E-state index < -0.39 is 11.9 Å². The number of imide groups is 1. The van der Waals surface area contributed by atoms with Gasteiger partial charge in [0.15, 0.2) is 0 Å². The van der Waals surface area contributed by atoms with E-state index in [1.54, 1.807) is 28.0 Å². The first kappa shape index (κ1) is 17.4. The summed E-state index contributed by atoms with van der Waals surface area (Å²) >= 11 is 0. The number of aromatic nitrogens is 4. The number of amides is 3. The van der Waals surface area contributed by atoms with Crippen molar-refractivity contribution in [3.05, 3.63) is 47.8 Å². The summed E-state index contributed by atoms with van der Waals surface area (Å²) in [5.41, 5.74) is 4.93. The number of carbonyl (C=O) groups excluding carboxylic acids is 3. The average molecular weight is 390 g/mol. The van der Waals surface area contributed by atoms with Crippen LogP contribution in [0.25, 0.3) is 22.5 Å². The fourth-order valence-electron chi connectivity index (χ4n) is 4.09. The van der Waals surface area contributed by atoms with Crippen molar-refractivity contribution in [2.45, 2.75) is 25.4 Å². The second kappa shape index (κ2) is 6.40. The number of hydrogen-bond donors (Lipinski definition) is 2. The van der Waals surface area contributed by atoms with Crippen molar-refractivity contribution in [1.29, 1.82) is 0 Å². The molecule has 2 aliphatic rings. The molecule has 0 aliphatic carbocycles. The monoisotopic (exact) mass is 390 g/mol. The maximum absolute atomic E-state index is 12.9. The first-order valence-electron chi connectivity index (χ1n) is 9.33. The molecular formula is C20H18N6O3. The molecule has 1 unspecified atom stereocenters. The molecule has 5 rings (SSSR count). The Morgan fingerprint density at radius 1 is 1.14 bits per heavy atom. The van der Waals surface area contributed by atoms with Gasteiger partial charge in [-0.1, -0.05) is 6.07 Å². The lowest BCUT2D eigenvalue weighted by Crippen LogP contribution is -2.52. The Morgan fingerprint density at radius 2 is 2.00 bits per heavy atom. The number of hydrogen-bond acceptors (Lipinski definition) is 5. The van der Waals surface area contributed by atoms with Crippen LogP contribution >= 0.6 is 0 Å². The van der Waals surface area contributed by atoms with E-state index in [-0.39, 0.29) is 18.2 Å². The Kier molecular flexibility index (Phi) is 3.83. The highest BCUT2D eigenvalue weighted by Gasteiger charge is 2.39. The molecule has 2 N–H and O–H groups in total. The summed E-state index contributed by atoms with van der Waals surface area (Å²) in [7, 11) is 1.86. The number of nitrogens with one attached hydrogen (secondary N) is 2. The highest BCUT2D eigenvalue weighted by molar-refractivity contribution is 6.05. The first-order chi connectivity index (χ1) is 14.0. The molecule has 1 saturated heterocycles. The third-order valence-electron chi connectivity index (χ3n) is 5.52. The van der Waals surface area contributed by atoms with Gasteiger partial charge in [0, 0.05) is 37.3 Å². The first-order valence-corrected chi connectivity index (χ1v) is 9.33. The van der Waals surface area contributed by atoms with Crippen molar-refractivity contribution in [1.82, 2.24) is 30.2 Å². The smallest absolute Gasteiger partial charge is 0.255 e. The molecule has 2 aromatic heterocycles. The number of piperidine rings is 1. The van der Waals surface area contributed by atoms with E-state index in [0.717, 1.165) is 28.1 Å². The summed E-state index contributed by atoms with van der Waals surface area (Å²) < 4.78 is 1.76. The van der Waals surface area contributed by atoms with Gasteiger partial charge in [-0.15, -0.1) is 0 Å². The number of aryl methyl sites for hydroxylation is 1. The molecule has 0 radical (unpaired) electrons. The molecule has 2 aliphatic heterocycles. The van der Waals surface area contributed by atoms with Crippen molar-refractivity contribution in [2.75, 3.05) is 0 Å². The van der Waals surface area contributed by atoms with Crippen LogP contribution in [0.15, 0.2) is 36.7 Å². The third-order valence-corrected chi connectivity index (χ3v) is 5.52. The third kappa shape index (κ3) is 2.74. The van der Waals surface area contributed by atoms with E-state index >= 15 is 0 Å². The zero-order chi connectivity index (χ0) is 20.1. The predicted molar refractivity (Wildman–Crippen MR) is 102 cm³/mol. The SMILES string of the molecule is Cn1ncc(-c2ccc3c(c2)CN(C2CCC(=O)NC2=O)C3=O)c1-c1cc[nH]n1. The van der Waals surface area contributed by atoms with Gasteiger partial charge in [-0.2, -0.15) is 10.2 Å². The molecule has 1 atom stereocenters. The quantitative estimate of drug-likeness (QED) is 0.654. The number of nitrogens with zero attached hydrogens (tertiary/aromatic N) is 4. The second-order valence-electron chi connectivity index (χ2n) is 7.26. The minimum atomic E-state index is -0.617. The molecule has 0 bridgehead atoms. The summed E-state index contributed by atoms with van der Waals surface area (Å²) in [5.74, 6) is -0.879. The van der Waals surface area contributed by atoms with Crippen LogP contribution in [0.3, 0.4) is 0 Å². The van der Waals surface area contributed by atoms with Gasteiger partial charge in [-0.25, -0.2) is 0 Å². The van der Waals surface area contributed by atoms with Crippen LogP contribution in [-0.2, 0) is 23.2 Å². The van der Waals surface area contributed by atoms with Crippen LogP contribution in [0.4, 0.5) is 0 Å². The van der Waals surface area contributed by atoms with Crippen LogP contribution < -0.4 is 5.32 Å². The zero-order valence-corrected chi connectivity index (χ0v) is 15.7. The molecule has 3 aromatic rings. The topological polar surface area (TPSA) is 113 Å². The van der Waals surface area contributed by atoms with Crippen LogP contribution in [0.2, 0.25) is 0 Å². The molecule has 146 valence electrons. The largest absolute Gasteiger partial charge is 0.322 e. The summed E-state index contributed by atoms with van der Waals surface area (Å²) in [6, 6.07) is 6.90. The summed E-state index contributed by atoms with van der Waals surface area (Å²) in [6.07, 6.45) is 4.12. The second-order valence-corrected chi connectivity index (χ2v) is 7.26. The van der Waals surface area contributed by atoms with Crippen molar-refractivity contribution < 1.29 is 14.4 Å². The Labute approximate surface area is 165 Å². The summed E-state index contributed by atoms with van der Waals surface area (Å²) in [5, 5.41) is 13.8. The minimum absolute atomic E-state index is 0.181. The molecule has 9 heteroatoms. The lowest BCUT2D eigenvalue weighted by molar-refractivity contribution is -0.136. The van der Waals surface area contributed by atoms with Crippen molar-refractivity contribution in [3.8, 4) is 22.5 Å². The van der Waals surface area contributed by atoms with E-state index in [0.29, 0.717) is 18.5 Å². The normalized spacial score (nSPS) is 18.9. The Hall–Kier alpha value is -3.75. The van der Waals surface area contributed by atoms with Gasteiger partial charge in [-0.05, 0) is 35.7 Å². The molecule has 4 heterocycles. The molecular weight excluding hydrogens is 372 g/mol.